The average molecular weight is 681 g/mol. The van der Waals surface area contributed by atoms with Crippen LogP contribution in [0.5, 0.6) is 0 Å². The smallest absolute Gasteiger partial charge is 0.312 e. The van der Waals surface area contributed by atoms with Crippen molar-refractivity contribution >= 4 is 45.1 Å². The summed E-state index contributed by atoms with van der Waals surface area (Å²) in [6, 6.07) is 14.9. The summed E-state index contributed by atoms with van der Waals surface area (Å²) < 4.78 is 12.2. The summed E-state index contributed by atoms with van der Waals surface area (Å²) in [6.07, 6.45) is 3.48. The van der Waals surface area contributed by atoms with E-state index in [1.807, 2.05) is 54.6 Å². The fourth-order valence-electron chi connectivity index (χ4n) is 7.35. The predicted octanol–water partition coefficient (Wildman–Crippen LogP) is 4.65. The van der Waals surface area contributed by atoms with E-state index in [-0.39, 0.29) is 23.9 Å². The molecule has 2 aromatic rings. The van der Waals surface area contributed by atoms with Gasteiger partial charge in [-0.05, 0) is 56.5 Å². The Labute approximate surface area is 273 Å². The van der Waals surface area contributed by atoms with Crippen molar-refractivity contribution in [1.29, 1.82) is 0 Å². The van der Waals surface area contributed by atoms with E-state index >= 15 is 0 Å². The van der Waals surface area contributed by atoms with Crippen molar-refractivity contribution in [3.05, 3.63) is 85.5 Å². The number of halogens is 1. The highest BCUT2D eigenvalue weighted by atomic mass is 79.9. The van der Waals surface area contributed by atoms with Crippen molar-refractivity contribution in [2.45, 2.75) is 55.3 Å². The van der Waals surface area contributed by atoms with Crippen molar-refractivity contribution < 1.29 is 29.0 Å². The average Bonchev–Trinajstić information content (AvgIpc) is 3.65. The van der Waals surface area contributed by atoms with Crippen molar-refractivity contribution in [1.82, 2.24) is 4.90 Å². The Morgan fingerprint density at radius 1 is 1.11 bits per heavy atom. The molecule has 0 saturated carbocycles. The molecule has 3 heterocycles. The molecule has 0 radical (unpaired) electrons. The minimum Gasteiger partial charge on any atom is -0.465 e. The third-order valence-electron chi connectivity index (χ3n) is 9.36. The molecule has 9 nitrogen and oxygen atoms in total. The van der Waals surface area contributed by atoms with E-state index in [9.17, 15) is 19.5 Å². The van der Waals surface area contributed by atoms with Crippen LogP contribution in [0.4, 0.5) is 11.4 Å². The van der Waals surface area contributed by atoms with Crippen molar-refractivity contribution in [3.8, 4) is 0 Å². The maximum atomic E-state index is 15.0. The minimum absolute atomic E-state index is 0.137. The molecule has 1 spiro atoms. The van der Waals surface area contributed by atoms with Gasteiger partial charge in [-0.15, -0.1) is 13.2 Å². The summed E-state index contributed by atoms with van der Waals surface area (Å²) in [4.78, 5) is 48.1. The summed E-state index contributed by atoms with van der Waals surface area (Å²) in [6.45, 7) is 13.4. The van der Waals surface area contributed by atoms with E-state index in [0.717, 1.165) is 18.8 Å². The maximum absolute atomic E-state index is 15.0. The molecular weight excluding hydrogens is 638 g/mol. The summed E-state index contributed by atoms with van der Waals surface area (Å²) in [5.41, 5.74) is 1.05. The van der Waals surface area contributed by atoms with Crippen LogP contribution in [0.25, 0.3) is 0 Å². The standard InChI is InChI=1S/C35H42BrN3O6/c1-5-9-20-44-34(43)28-29-32(41)39(27(22-40)23-13-11-10-12-14-23)31(35(29)21-26(36)30(28)45-35)33(42)38(19-6-2)25-17-15-24(16-18-25)37(7-3)8-4/h5-6,10-18,26-31,40H,1-2,7-9,19-22H2,3-4H3/t26?,27-,28-,29+,30-,31?,35?/m1/s1. The molecule has 0 aliphatic carbocycles. The second-order valence-electron chi connectivity index (χ2n) is 11.7. The molecular formula is C35H42BrN3O6. The Hall–Kier alpha value is -3.47. The van der Waals surface area contributed by atoms with Crippen molar-refractivity contribution in [3.63, 3.8) is 0 Å². The van der Waals surface area contributed by atoms with Crippen LogP contribution < -0.4 is 9.80 Å². The summed E-state index contributed by atoms with van der Waals surface area (Å²) in [5.74, 6) is -3.16. The van der Waals surface area contributed by atoms with Gasteiger partial charge in [-0.3, -0.25) is 14.4 Å². The molecule has 5 rings (SSSR count). The third kappa shape index (κ3) is 5.72. The zero-order valence-corrected chi connectivity index (χ0v) is 27.5. The van der Waals surface area contributed by atoms with E-state index in [2.05, 4.69) is 47.8 Å². The van der Waals surface area contributed by atoms with Gasteiger partial charge in [-0.1, -0.05) is 58.4 Å². The van der Waals surface area contributed by atoms with Crippen LogP contribution in [0.2, 0.25) is 0 Å². The molecule has 2 aromatic carbocycles. The van der Waals surface area contributed by atoms with Gasteiger partial charge >= 0.3 is 5.97 Å². The first-order valence-corrected chi connectivity index (χ1v) is 16.5. The number of ether oxygens (including phenoxy) is 2. The summed E-state index contributed by atoms with van der Waals surface area (Å²) in [5, 5.41) is 10.8. The van der Waals surface area contributed by atoms with Crippen LogP contribution in [0.15, 0.2) is 79.9 Å². The molecule has 240 valence electrons. The van der Waals surface area contributed by atoms with E-state index in [4.69, 9.17) is 9.47 Å². The fraction of sp³-hybridized carbons (Fsp3) is 0.457. The fourth-order valence-corrected chi connectivity index (χ4v) is 8.29. The number of rotatable bonds is 14. The lowest BCUT2D eigenvalue weighted by atomic mass is 9.70. The molecule has 3 aliphatic rings. The lowest BCUT2D eigenvalue weighted by Gasteiger charge is -2.39. The quantitative estimate of drug-likeness (QED) is 0.134. The minimum atomic E-state index is -1.31. The summed E-state index contributed by atoms with van der Waals surface area (Å²) in [7, 11) is 0. The van der Waals surface area contributed by atoms with E-state index < -0.39 is 54.1 Å². The lowest BCUT2D eigenvalue weighted by molar-refractivity contribution is -0.155. The number of carbonyl (C=O) groups excluding carboxylic acids is 3. The Kier molecular flexibility index (Phi) is 10.2. The Morgan fingerprint density at radius 3 is 2.38 bits per heavy atom. The molecule has 7 atom stereocenters. The number of amides is 2. The van der Waals surface area contributed by atoms with Crippen LogP contribution in [0.1, 0.15) is 38.3 Å². The topological polar surface area (TPSA) is 99.6 Å². The Morgan fingerprint density at radius 2 is 1.78 bits per heavy atom. The van der Waals surface area contributed by atoms with Gasteiger partial charge in [0.25, 0.3) is 5.91 Å². The number of carbonyl (C=O) groups is 3. The normalized spacial score (nSPS) is 27.2. The number of nitrogens with zero attached hydrogens (tertiary/aromatic N) is 3. The molecule has 2 bridgehead atoms. The highest BCUT2D eigenvalue weighted by Gasteiger charge is 2.77. The number of alkyl halides is 1. The van der Waals surface area contributed by atoms with Crippen molar-refractivity contribution in [2.75, 3.05) is 42.6 Å². The zero-order chi connectivity index (χ0) is 32.3. The van der Waals surface area contributed by atoms with Crippen LogP contribution in [-0.2, 0) is 23.9 Å². The molecule has 10 heteroatoms. The zero-order valence-electron chi connectivity index (χ0n) is 25.9. The first-order chi connectivity index (χ1) is 21.8. The van der Waals surface area contributed by atoms with Gasteiger partial charge in [-0.25, -0.2) is 0 Å². The van der Waals surface area contributed by atoms with E-state index in [1.54, 1.807) is 17.1 Å². The van der Waals surface area contributed by atoms with Crippen LogP contribution in [0.3, 0.4) is 0 Å². The summed E-state index contributed by atoms with van der Waals surface area (Å²) >= 11 is 3.71. The van der Waals surface area contributed by atoms with Gasteiger partial charge in [0.1, 0.15) is 11.6 Å². The highest BCUT2D eigenvalue weighted by Crippen LogP contribution is 2.61. The SMILES string of the molecule is C=CCCOC(=O)[C@H]1[C@@H]2OC3(CC2Br)C(C(=O)N(CC=C)c2ccc(N(CC)CC)cc2)N([C@H](CO)c2ccccc2)C(=O)[C@H]13. The van der Waals surface area contributed by atoms with Gasteiger partial charge in [0.05, 0.1) is 37.2 Å². The van der Waals surface area contributed by atoms with E-state index in [1.165, 1.54) is 4.90 Å². The second-order valence-corrected chi connectivity index (χ2v) is 12.9. The third-order valence-corrected chi connectivity index (χ3v) is 10.2. The Balaban J connectivity index is 1.60. The second kappa shape index (κ2) is 13.9. The molecule has 0 aromatic heterocycles. The number of hydrogen-bond acceptors (Lipinski definition) is 7. The van der Waals surface area contributed by atoms with Crippen LogP contribution >= 0.6 is 15.9 Å². The van der Waals surface area contributed by atoms with Gasteiger partial charge in [0.2, 0.25) is 5.91 Å². The molecule has 45 heavy (non-hydrogen) atoms. The molecule has 2 amide bonds. The van der Waals surface area contributed by atoms with Gasteiger partial charge in [0.15, 0.2) is 0 Å². The number of benzene rings is 2. The number of hydrogen-bond donors (Lipinski definition) is 1. The number of aliphatic hydroxyl groups is 1. The number of aliphatic hydroxyl groups excluding tert-OH is 1. The molecule has 3 fully saturated rings. The monoisotopic (exact) mass is 679 g/mol. The first-order valence-electron chi connectivity index (χ1n) is 15.6. The van der Waals surface area contributed by atoms with Crippen molar-refractivity contribution in [2.24, 2.45) is 11.8 Å². The number of likely N-dealkylation sites (tertiary alicyclic amines) is 1. The molecule has 1 N–H and O–H groups in total. The molecule has 3 unspecified atom stereocenters. The maximum Gasteiger partial charge on any atom is 0.312 e. The largest absolute Gasteiger partial charge is 0.465 e. The van der Waals surface area contributed by atoms with E-state index in [0.29, 0.717) is 24.1 Å². The first kappa shape index (κ1) is 32.9. The Bertz CT molecular complexity index is 1400. The van der Waals surface area contributed by atoms with Gasteiger partial charge in [0, 0.05) is 35.8 Å². The predicted molar refractivity (Wildman–Crippen MR) is 177 cm³/mol. The number of esters is 1. The van der Waals surface area contributed by atoms with Gasteiger partial charge in [-0.2, -0.15) is 0 Å². The van der Waals surface area contributed by atoms with Crippen LogP contribution in [0, 0.1) is 11.8 Å². The number of anilines is 2. The molecule has 3 saturated heterocycles. The van der Waals surface area contributed by atoms with Crippen LogP contribution in [-0.4, -0.2) is 83.2 Å². The van der Waals surface area contributed by atoms with Gasteiger partial charge < -0.3 is 29.3 Å². The molecule has 3 aliphatic heterocycles. The highest BCUT2D eigenvalue weighted by molar-refractivity contribution is 9.09. The number of fused-ring (bicyclic) bond motifs is 1. The lowest BCUT2D eigenvalue weighted by Crippen LogP contribution is -2.57.